The number of methoxy groups -OCH3 is 1. The number of carbonyl (C=O) groups excluding carboxylic acids is 1. The molecule has 88 valence electrons. The summed E-state index contributed by atoms with van der Waals surface area (Å²) < 4.78 is 5.08. The Morgan fingerprint density at radius 3 is 2.62 bits per heavy atom. The predicted octanol–water partition coefficient (Wildman–Crippen LogP) is 1.56. The van der Waals surface area contributed by atoms with Crippen LogP contribution in [0.3, 0.4) is 0 Å². The quantitative estimate of drug-likeness (QED) is 0.819. The molecule has 0 aliphatic carbocycles. The van der Waals surface area contributed by atoms with Gasteiger partial charge in [0.15, 0.2) is 5.75 Å². The standard InChI is InChI=1S/C11H15ClN2O2/c1-14(2)9(15)6-7-4-5-8(13)11(16-3)10(7)12/h4-5H,6,13H2,1-3H3. The maximum Gasteiger partial charge on any atom is 0.226 e. The summed E-state index contributed by atoms with van der Waals surface area (Å²) in [6, 6.07) is 3.42. The van der Waals surface area contributed by atoms with E-state index >= 15 is 0 Å². The third-order valence-electron chi connectivity index (χ3n) is 2.25. The smallest absolute Gasteiger partial charge is 0.226 e. The Kier molecular flexibility index (Phi) is 4.01. The predicted molar refractivity (Wildman–Crippen MR) is 64.8 cm³/mol. The number of likely N-dealkylation sites (N-methyl/N-ethyl adjacent to an activating group) is 1. The van der Waals surface area contributed by atoms with Crippen LogP contribution in [-0.4, -0.2) is 32.0 Å². The van der Waals surface area contributed by atoms with Crippen molar-refractivity contribution in [2.24, 2.45) is 0 Å². The molecule has 0 spiro atoms. The largest absolute Gasteiger partial charge is 0.493 e. The van der Waals surface area contributed by atoms with E-state index in [-0.39, 0.29) is 12.3 Å². The Hall–Kier alpha value is -1.42. The second-order valence-corrected chi connectivity index (χ2v) is 4.00. The lowest BCUT2D eigenvalue weighted by molar-refractivity contribution is -0.127. The minimum absolute atomic E-state index is 0.0197. The summed E-state index contributed by atoms with van der Waals surface area (Å²) in [6.07, 6.45) is 0.239. The fourth-order valence-electron chi connectivity index (χ4n) is 1.28. The third-order valence-corrected chi connectivity index (χ3v) is 2.67. The lowest BCUT2D eigenvalue weighted by atomic mass is 10.1. The van der Waals surface area contributed by atoms with Gasteiger partial charge in [-0.2, -0.15) is 0 Å². The minimum atomic E-state index is -0.0197. The van der Waals surface area contributed by atoms with Crippen molar-refractivity contribution in [3.8, 4) is 5.75 Å². The van der Waals surface area contributed by atoms with Crippen molar-refractivity contribution in [1.82, 2.24) is 4.90 Å². The summed E-state index contributed by atoms with van der Waals surface area (Å²) in [5.41, 5.74) is 6.87. The van der Waals surface area contributed by atoms with Gasteiger partial charge in [0.2, 0.25) is 5.91 Å². The topological polar surface area (TPSA) is 55.6 Å². The molecular weight excluding hydrogens is 228 g/mol. The first-order valence-corrected chi connectivity index (χ1v) is 5.16. The number of amides is 1. The van der Waals surface area contributed by atoms with Gasteiger partial charge in [0.1, 0.15) is 0 Å². The molecule has 0 saturated carbocycles. The van der Waals surface area contributed by atoms with Crippen molar-refractivity contribution < 1.29 is 9.53 Å². The number of rotatable bonds is 3. The van der Waals surface area contributed by atoms with Gasteiger partial charge in [-0.05, 0) is 11.6 Å². The van der Waals surface area contributed by atoms with Crippen LogP contribution in [0.1, 0.15) is 5.56 Å². The van der Waals surface area contributed by atoms with Gasteiger partial charge in [-0.15, -0.1) is 0 Å². The lowest BCUT2D eigenvalue weighted by Crippen LogP contribution is -2.23. The van der Waals surface area contributed by atoms with Crippen LogP contribution in [-0.2, 0) is 11.2 Å². The molecule has 2 N–H and O–H groups in total. The van der Waals surface area contributed by atoms with E-state index in [0.29, 0.717) is 22.0 Å². The number of nitrogens with zero attached hydrogens (tertiary/aromatic N) is 1. The van der Waals surface area contributed by atoms with E-state index in [1.807, 2.05) is 0 Å². The van der Waals surface area contributed by atoms with Crippen LogP contribution in [0.4, 0.5) is 5.69 Å². The minimum Gasteiger partial charge on any atom is -0.493 e. The Morgan fingerprint density at radius 1 is 1.50 bits per heavy atom. The molecule has 16 heavy (non-hydrogen) atoms. The zero-order valence-electron chi connectivity index (χ0n) is 9.58. The van der Waals surface area contributed by atoms with E-state index < -0.39 is 0 Å². The number of benzene rings is 1. The van der Waals surface area contributed by atoms with Gasteiger partial charge >= 0.3 is 0 Å². The molecule has 0 radical (unpaired) electrons. The van der Waals surface area contributed by atoms with Crippen molar-refractivity contribution in [3.63, 3.8) is 0 Å². The first kappa shape index (κ1) is 12.6. The molecule has 0 unspecified atom stereocenters. The lowest BCUT2D eigenvalue weighted by Gasteiger charge is -2.13. The average Bonchev–Trinajstić information content (AvgIpc) is 2.22. The molecule has 0 atom stereocenters. The molecule has 0 heterocycles. The number of hydrogen-bond donors (Lipinski definition) is 1. The maximum atomic E-state index is 11.5. The van der Waals surface area contributed by atoms with Gasteiger partial charge < -0.3 is 15.4 Å². The molecule has 1 aromatic rings. The molecule has 0 bridgehead atoms. The normalized spacial score (nSPS) is 10.0. The monoisotopic (exact) mass is 242 g/mol. The van der Waals surface area contributed by atoms with Crippen molar-refractivity contribution in [2.75, 3.05) is 26.9 Å². The molecule has 1 amide bonds. The summed E-state index contributed by atoms with van der Waals surface area (Å²) >= 11 is 6.09. The van der Waals surface area contributed by atoms with Crippen LogP contribution in [0.5, 0.6) is 5.75 Å². The van der Waals surface area contributed by atoms with Crippen LogP contribution >= 0.6 is 11.6 Å². The fourth-order valence-corrected chi connectivity index (χ4v) is 1.59. The number of hydrogen-bond acceptors (Lipinski definition) is 3. The van der Waals surface area contributed by atoms with Crippen molar-refractivity contribution in [1.29, 1.82) is 0 Å². The number of halogens is 1. The summed E-state index contributed by atoms with van der Waals surface area (Å²) in [4.78, 5) is 13.1. The van der Waals surface area contributed by atoms with Crippen LogP contribution in [0.2, 0.25) is 5.02 Å². The van der Waals surface area contributed by atoms with E-state index in [1.54, 1.807) is 26.2 Å². The Balaban J connectivity index is 3.03. The highest BCUT2D eigenvalue weighted by Gasteiger charge is 2.14. The van der Waals surface area contributed by atoms with Crippen LogP contribution < -0.4 is 10.5 Å². The molecule has 4 nitrogen and oxygen atoms in total. The second kappa shape index (κ2) is 5.07. The van der Waals surface area contributed by atoms with Crippen LogP contribution in [0.25, 0.3) is 0 Å². The second-order valence-electron chi connectivity index (χ2n) is 3.63. The highest BCUT2D eigenvalue weighted by molar-refractivity contribution is 6.33. The maximum absolute atomic E-state index is 11.5. The van der Waals surface area contributed by atoms with Crippen molar-refractivity contribution in [3.05, 3.63) is 22.7 Å². The van der Waals surface area contributed by atoms with E-state index in [0.717, 1.165) is 0 Å². The van der Waals surface area contributed by atoms with Crippen molar-refractivity contribution in [2.45, 2.75) is 6.42 Å². The zero-order valence-corrected chi connectivity index (χ0v) is 10.3. The molecule has 0 saturated heterocycles. The van der Waals surface area contributed by atoms with Crippen molar-refractivity contribution >= 4 is 23.2 Å². The Labute approximate surface area is 99.9 Å². The molecule has 0 aromatic heterocycles. The van der Waals surface area contributed by atoms with Gasteiger partial charge in [-0.3, -0.25) is 4.79 Å². The molecule has 0 aliphatic heterocycles. The Bertz CT molecular complexity index is 405. The number of anilines is 1. The Morgan fingerprint density at radius 2 is 2.12 bits per heavy atom. The van der Waals surface area contributed by atoms with Gasteiger partial charge in [-0.25, -0.2) is 0 Å². The number of ether oxygens (including phenoxy) is 1. The third kappa shape index (κ3) is 2.58. The number of carbonyl (C=O) groups is 1. The van der Waals surface area contributed by atoms with Crippen LogP contribution in [0.15, 0.2) is 12.1 Å². The SMILES string of the molecule is COc1c(N)ccc(CC(=O)N(C)C)c1Cl. The van der Waals surface area contributed by atoms with E-state index in [9.17, 15) is 4.79 Å². The van der Waals surface area contributed by atoms with Gasteiger partial charge in [0.25, 0.3) is 0 Å². The zero-order chi connectivity index (χ0) is 12.3. The summed E-state index contributed by atoms with van der Waals surface area (Å²) in [5.74, 6) is 0.402. The average molecular weight is 243 g/mol. The first-order valence-electron chi connectivity index (χ1n) is 4.78. The van der Waals surface area contributed by atoms with E-state index in [4.69, 9.17) is 22.1 Å². The summed E-state index contributed by atoms with van der Waals surface area (Å²) in [7, 11) is 4.89. The summed E-state index contributed by atoms with van der Waals surface area (Å²) in [5, 5.41) is 0.401. The van der Waals surface area contributed by atoms with E-state index in [2.05, 4.69) is 0 Å². The highest BCUT2D eigenvalue weighted by atomic mass is 35.5. The molecular formula is C11H15ClN2O2. The van der Waals surface area contributed by atoms with Gasteiger partial charge in [0.05, 0.1) is 24.2 Å². The molecule has 0 fully saturated rings. The van der Waals surface area contributed by atoms with E-state index in [1.165, 1.54) is 12.0 Å². The fraction of sp³-hybridized carbons (Fsp3) is 0.364. The summed E-state index contributed by atoms with van der Waals surface area (Å²) in [6.45, 7) is 0. The molecule has 1 rings (SSSR count). The molecule has 5 heteroatoms. The first-order chi connectivity index (χ1) is 7.47. The highest BCUT2D eigenvalue weighted by Crippen LogP contribution is 2.34. The van der Waals surface area contributed by atoms with Gasteiger partial charge in [0, 0.05) is 14.1 Å². The number of nitrogens with two attached hydrogens (primary N) is 1. The van der Waals surface area contributed by atoms with Crippen LogP contribution in [0, 0.1) is 0 Å². The number of nitrogen functional groups attached to an aromatic ring is 1. The molecule has 1 aromatic carbocycles. The van der Waals surface area contributed by atoms with Gasteiger partial charge in [-0.1, -0.05) is 17.7 Å². The molecule has 0 aliphatic rings.